The molecule has 0 saturated carbocycles. The zero-order valence-corrected chi connectivity index (χ0v) is 11.4. The van der Waals surface area contributed by atoms with E-state index in [-0.39, 0.29) is 22.1 Å². The van der Waals surface area contributed by atoms with Crippen molar-refractivity contribution in [2.24, 2.45) is 0 Å². The van der Waals surface area contributed by atoms with Crippen molar-refractivity contribution in [2.45, 2.75) is 13.0 Å². The van der Waals surface area contributed by atoms with Gasteiger partial charge in [-0.15, -0.1) is 0 Å². The Morgan fingerprint density at radius 2 is 1.95 bits per heavy atom. The van der Waals surface area contributed by atoms with Crippen LogP contribution in [0, 0.1) is 0 Å². The molecule has 1 unspecified atom stereocenters. The zero-order chi connectivity index (χ0) is 14.6. The van der Waals surface area contributed by atoms with Crippen molar-refractivity contribution in [2.75, 3.05) is 14.2 Å². The molecule has 0 aliphatic carbocycles. The van der Waals surface area contributed by atoms with E-state index in [9.17, 15) is 9.59 Å². The van der Waals surface area contributed by atoms with E-state index in [2.05, 4.69) is 4.74 Å². The van der Waals surface area contributed by atoms with Gasteiger partial charge in [-0.25, -0.2) is 9.59 Å². The lowest BCUT2D eigenvalue weighted by Gasteiger charge is -2.13. The molecule has 0 aliphatic rings. The van der Waals surface area contributed by atoms with Crippen molar-refractivity contribution in [3.63, 3.8) is 0 Å². The molecule has 7 heteroatoms. The SMILES string of the molecule is COC(=O)c1cc(Cl)c(OC(=O)C(C)O)c(OC)c1. The molecule has 0 aliphatic heterocycles. The predicted molar refractivity (Wildman–Crippen MR) is 66.7 cm³/mol. The van der Waals surface area contributed by atoms with Crippen LogP contribution in [0.4, 0.5) is 0 Å². The molecular weight excluding hydrogens is 276 g/mol. The fraction of sp³-hybridized carbons (Fsp3) is 0.333. The van der Waals surface area contributed by atoms with Gasteiger partial charge in [-0.2, -0.15) is 0 Å². The number of esters is 2. The zero-order valence-electron chi connectivity index (χ0n) is 10.6. The maximum Gasteiger partial charge on any atom is 0.340 e. The second kappa shape index (κ2) is 6.40. The molecule has 0 bridgehead atoms. The summed E-state index contributed by atoms with van der Waals surface area (Å²) in [5, 5.41) is 9.08. The van der Waals surface area contributed by atoms with Crippen LogP contribution < -0.4 is 9.47 Å². The molecule has 0 heterocycles. The van der Waals surface area contributed by atoms with Gasteiger partial charge in [0.2, 0.25) is 0 Å². The summed E-state index contributed by atoms with van der Waals surface area (Å²) in [7, 11) is 2.55. The van der Waals surface area contributed by atoms with Crippen LogP contribution >= 0.6 is 11.6 Å². The molecule has 0 spiro atoms. The second-order valence-electron chi connectivity index (χ2n) is 3.58. The van der Waals surface area contributed by atoms with Crippen LogP contribution in [0.1, 0.15) is 17.3 Å². The Kier molecular flexibility index (Phi) is 5.14. The quantitative estimate of drug-likeness (QED) is 0.666. The van der Waals surface area contributed by atoms with E-state index >= 15 is 0 Å². The van der Waals surface area contributed by atoms with Crippen LogP contribution in [-0.4, -0.2) is 37.4 Å². The van der Waals surface area contributed by atoms with Gasteiger partial charge in [0.1, 0.15) is 6.10 Å². The number of ether oxygens (including phenoxy) is 3. The minimum Gasteiger partial charge on any atom is -0.493 e. The van der Waals surface area contributed by atoms with Crippen LogP contribution in [0.15, 0.2) is 12.1 Å². The number of hydrogen-bond acceptors (Lipinski definition) is 6. The minimum atomic E-state index is -1.30. The number of carbonyl (C=O) groups is 2. The maximum atomic E-state index is 11.4. The van der Waals surface area contributed by atoms with Gasteiger partial charge >= 0.3 is 11.9 Å². The number of hydrogen-bond donors (Lipinski definition) is 1. The molecule has 1 aromatic rings. The topological polar surface area (TPSA) is 82.1 Å². The summed E-state index contributed by atoms with van der Waals surface area (Å²) in [6.07, 6.45) is -1.30. The highest BCUT2D eigenvalue weighted by molar-refractivity contribution is 6.32. The Balaban J connectivity index is 3.19. The number of carbonyl (C=O) groups excluding carboxylic acids is 2. The molecule has 0 amide bonds. The summed E-state index contributed by atoms with van der Waals surface area (Å²) in [5.74, 6) is -1.47. The average molecular weight is 289 g/mol. The highest BCUT2D eigenvalue weighted by Gasteiger charge is 2.20. The summed E-state index contributed by atoms with van der Waals surface area (Å²) in [4.78, 5) is 22.7. The monoisotopic (exact) mass is 288 g/mol. The summed E-state index contributed by atoms with van der Waals surface area (Å²) in [6.45, 7) is 1.26. The largest absolute Gasteiger partial charge is 0.493 e. The van der Waals surface area contributed by atoms with E-state index in [1.807, 2.05) is 0 Å². The highest BCUT2D eigenvalue weighted by atomic mass is 35.5. The average Bonchev–Trinajstić information content (AvgIpc) is 2.39. The number of methoxy groups -OCH3 is 2. The molecule has 1 aromatic carbocycles. The van der Waals surface area contributed by atoms with Crippen molar-refractivity contribution in [3.05, 3.63) is 22.7 Å². The third-order valence-corrected chi connectivity index (χ3v) is 2.48. The molecule has 0 fully saturated rings. The number of halogens is 1. The lowest BCUT2D eigenvalue weighted by molar-refractivity contribution is -0.142. The van der Waals surface area contributed by atoms with E-state index < -0.39 is 18.0 Å². The van der Waals surface area contributed by atoms with Gasteiger partial charge in [0.15, 0.2) is 11.5 Å². The normalized spacial score (nSPS) is 11.6. The first kappa shape index (κ1) is 15.3. The Morgan fingerprint density at radius 3 is 2.42 bits per heavy atom. The van der Waals surface area contributed by atoms with Crippen LogP contribution in [0.25, 0.3) is 0 Å². The third-order valence-electron chi connectivity index (χ3n) is 2.19. The van der Waals surface area contributed by atoms with E-state index in [0.29, 0.717) is 0 Å². The molecule has 0 aromatic heterocycles. The lowest BCUT2D eigenvalue weighted by Crippen LogP contribution is -2.22. The summed E-state index contributed by atoms with van der Waals surface area (Å²) in [5.41, 5.74) is 0.154. The first-order valence-electron chi connectivity index (χ1n) is 5.26. The van der Waals surface area contributed by atoms with Crippen LogP contribution in [0.2, 0.25) is 5.02 Å². The van der Waals surface area contributed by atoms with E-state index in [1.165, 1.54) is 33.3 Å². The fourth-order valence-electron chi connectivity index (χ4n) is 1.24. The van der Waals surface area contributed by atoms with Gasteiger partial charge in [0.25, 0.3) is 0 Å². The van der Waals surface area contributed by atoms with Gasteiger partial charge in [-0.1, -0.05) is 11.6 Å². The summed E-state index contributed by atoms with van der Waals surface area (Å²) in [6, 6.07) is 2.60. The van der Waals surface area contributed by atoms with E-state index in [0.717, 1.165) is 0 Å². The van der Waals surface area contributed by atoms with E-state index in [4.69, 9.17) is 26.2 Å². The summed E-state index contributed by atoms with van der Waals surface area (Å²) >= 11 is 5.92. The van der Waals surface area contributed by atoms with Gasteiger partial charge < -0.3 is 19.3 Å². The highest BCUT2D eigenvalue weighted by Crippen LogP contribution is 2.36. The molecule has 1 rings (SSSR count). The van der Waals surface area contributed by atoms with Crippen LogP contribution in [0.3, 0.4) is 0 Å². The molecular formula is C12H13ClO6. The van der Waals surface area contributed by atoms with Crippen LogP contribution in [-0.2, 0) is 9.53 Å². The van der Waals surface area contributed by atoms with Gasteiger partial charge in [-0.05, 0) is 19.1 Å². The van der Waals surface area contributed by atoms with Gasteiger partial charge in [-0.3, -0.25) is 0 Å². The van der Waals surface area contributed by atoms with Crippen molar-refractivity contribution in [3.8, 4) is 11.5 Å². The standard InChI is InChI=1S/C12H13ClO6/c1-6(14)11(15)19-10-8(13)4-7(12(16)18-3)5-9(10)17-2/h4-6,14H,1-3H3. The molecule has 1 N–H and O–H groups in total. The Morgan fingerprint density at radius 1 is 1.32 bits per heavy atom. The number of benzene rings is 1. The second-order valence-corrected chi connectivity index (χ2v) is 3.99. The minimum absolute atomic E-state index is 0.00579. The number of rotatable bonds is 4. The van der Waals surface area contributed by atoms with Crippen molar-refractivity contribution in [1.29, 1.82) is 0 Å². The third kappa shape index (κ3) is 3.59. The smallest absolute Gasteiger partial charge is 0.340 e. The molecule has 0 saturated heterocycles. The Labute approximate surface area is 114 Å². The van der Waals surface area contributed by atoms with E-state index in [1.54, 1.807) is 0 Å². The summed E-state index contributed by atoms with van der Waals surface area (Å²) < 4.78 is 14.4. The predicted octanol–water partition coefficient (Wildman–Crippen LogP) is 1.42. The number of aliphatic hydroxyl groups is 1. The van der Waals surface area contributed by atoms with Crippen molar-refractivity contribution in [1.82, 2.24) is 0 Å². The molecule has 0 radical (unpaired) electrons. The Bertz CT molecular complexity index is 497. The molecule has 19 heavy (non-hydrogen) atoms. The maximum absolute atomic E-state index is 11.4. The van der Waals surface area contributed by atoms with Crippen molar-refractivity contribution >= 4 is 23.5 Å². The van der Waals surface area contributed by atoms with Crippen molar-refractivity contribution < 1.29 is 28.9 Å². The first-order valence-corrected chi connectivity index (χ1v) is 5.64. The number of aliphatic hydroxyl groups excluding tert-OH is 1. The Hall–Kier alpha value is -1.79. The molecule has 104 valence electrons. The van der Waals surface area contributed by atoms with Crippen LogP contribution in [0.5, 0.6) is 11.5 Å². The lowest BCUT2D eigenvalue weighted by atomic mass is 10.2. The molecule has 1 atom stereocenters. The van der Waals surface area contributed by atoms with Gasteiger partial charge in [0.05, 0.1) is 24.8 Å². The molecule has 6 nitrogen and oxygen atoms in total. The van der Waals surface area contributed by atoms with Gasteiger partial charge in [0, 0.05) is 0 Å². The fourth-order valence-corrected chi connectivity index (χ4v) is 1.49. The first-order chi connectivity index (χ1) is 8.90.